The maximum Gasteiger partial charge on any atom is 0.142 e. The summed E-state index contributed by atoms with van der Waals surface area (Å²) in [6.45, 7) is 0. The van der Waals surface area contributed by atoms with Gasteiger partial charge in [-0.2, -0.15) is 0 Å². The zero-order valence-electron chi connectivity index (χ0n) is 31.5. The van der Waals surface area contributed by atoms with Crippen molar-refractivity contribution in [2.75, 3.05) is 4.90 Å². The molecule has 7 aliphatic rings. The van der Waals surface area contributed by atoms with Gasteiger partial charge in [0.15, 0.2) is 0 Å². The Balaban J connectivity index is 0.966. The van der Waals surface area contributed by atoms with Crippen LogP contribution in [0.15, 0.2) is 142 Å². The molecule has 3 heteroatoms. The molecule has 8 atom stereocenters. The quantitative estimate of drug-likeness (QED) is 0.169. The third kappa shape index (κ3) is 4.02. The average molecular weight is 734 g/mol. The Morgan fingerprint density at radius 3 is 2.32 bits per heavy atom. The molecule has 3 heterocycles. The minimum Gasteiger partial charge on any atom is -0.456 e. The van der Waals surface area contributed by atoms with Crippen LogP contribution in [0.1, 0.15) is 82.8 Å². The van der Waals surface area contributed by atoms with E-state index in [0.29, 0.717) is 41.4 Å². The van der Waals surface area contributed by atoms with Crippen LogP contribution in [-0.2, 0) is 0 Å². The molecule has 0 spiro atoms. The summed E-state index contributed by atoms with van der Waals surface area (Å²) >= 11 is 0. The second-order valence-electron chi connectivity index (χ2n) is 18.2. The first-order valence-electron chi connectivity index (χ1n) is 21.3. The molecule has 2 bridgehead atoms. The Bertz CT molecular complexity index is 3220. The van der Waals surface area contributed by atoms with E-state index in [1.54, 1.807) is 0 Å². The number of nitrogens with zero attached hydrogens (tertiary/aromatic N) is 1. The van der Waals surface area contributed by atoms with Gasteiger partial charge in [-0.25, -0.2) is 0 Å². The smallest absolute Gasteiger partial charge is 0.142 e. The standard InChI is InChI=1S/C54H39NO2/c1-2-9-33-28(8-1)23-47(35-11-4-3-10-34(33)35)55-32-25-43(45-27-46(45)44(26-32)37-13-7-14-39-51-40-20-29(40)17-19-50(51)57-53(37)39)36-18-16-30(24-48(36)55)42-22-31-21-41(31)52-38-12-5-6-15-49(38)56-54(42)52/h1-19,22-24,26,29,31-32,40-41,43,45-46H,20-21,25,27H2. The van der Waals surface area contributed by atoms with Gasteiger partial charge in [-0.3, -0.25) is 0 Å². The topological polar surface area (TPSA) is 29.5 Å². The van der Waals surface area contributed by atoms with Crippen LogP contribution >= 0.6 is 0 Å². The van der Waals surface area contributed by atoms with Crippen LogP contribution in [0, 0.1) is 23.7 Å². The van der Waals surface area contributed by atoms with E-state index in [9.17, 15) is 0 Å². The molecule has 272 valence electrons. The number of furan rings is 2. The van der Waals surface area contributed by atoms with E-state index in [1.807, 2.05) is 0 Å². The van der Waals surface area contributed by atoms with Crippen molar-refractivity contribution in [1.29, 1.82) is 0 Å². The maximum absolute atomic E-state index is 6.86. The van der Waals surface area contributed by atoms with Crippen molar-refractivity contribution in [3.8, 4) is 0 Å². The van der Waals surface area contributed by atoms with Crippen molar-refractivity contribution in [3.05, 3.63) is 173 Å². The Morgan fingerprint density at radius 2 is 1.37 bits per heavy atom. The summed E-state index contributed by atoms with van der Waals surface area (Å²) in [5.41, 5.74) is 14.4. The SMILES string of the molecule is C1=CC2CC2c2c1oc1c(C3=CC4CC(c5ccc(C6=CC7CC7c7c6oc6ccccc76)cc5N4c4cc5ccccc5c5ccccc45)C4CC34)cccc21. The first kappa shape index (κ1) is 30.1. The van der Waals surface area contributed by atoms with E-state index >= 15 is 0 Å². The van der Waals surface area contributed by atoms with Gasteiger partial charge in [0.1, 0.15) is 22.7 Å². The fourth-order valence-corrected chi connectivity index (χ4v) is 12.4. The van der Waals surface area contributed by atoms with E-state index in [-0.39, 0.29) is 6.04 Å². The Morgan fingerprint density at radius 1 is 0.561 bits per heavy atom. The number of benzene rings is 6. The predicted octanol–water partition coefficient (Wildman–Crippen LogP) is 13.9. The number of hydrogen-bond donors (Lipinski definition) is 0. The molecule has 3 saturated carbocycles. The summed E-state index contributed by atoms with van der Waals surface area (Å²) < 4.78 is 13.6. The van der Waals surface area contributed by atoms with E-state index in [2.05, 4.69) is 144 Å². The van der Waals surface area contributed by atoms with Crippen molar-refractivity contribution in [1.82, 2.24) is 0 Å². The molecule has 0 amide bonds. The predicted molar refractivity (Wildman–Crippen MR) is 231 cm³/mol. The molecule has 0 N–H and O–H groups in total. The highest BCUT2D eigenvalue weighted by Gasteiger charge is 2.53. The summed E-state index contributed by atoms with van der Waals surface area (Å²) in [5.74, 6) is 6.29. The molecule has 3 fully saturated rings. The highest BCUT2D eigenvalue weighted by Crippen LogP contribution is 2.65. The lowest BCUT2D eigenvalue weighted by Gasteiger charge is -2.42. The second-order valence-corrected chi connectivity index (χ2v) is 18.2. The molecular weight excluding hydrogens is 695 g/mol. The molecule has 6 aliphatic carbocycles. The Labute approximate surface area is 330 Å². The van der Waals surface area contributed by atoms with Crippen molar-refractivity contribution in [2.24, 2.45) is 23.7 Å². The van der Waals surface area contributed by atoms with Crippen LogP contribution in [-0.4, -0.2) is 6.04 Å². The Hall–Kier alpha value is -6.06. The second kappa shape index (κ2) is 10.5. The van der Waals surface area contributed by atoms with Gasteiger partial charge in [-0.15, -0.1) is 0 Å². The van der Waals surface area contributed by atoms with Crippen molar-refractivity contribution >= 4 is 72.1 Å². The number of fused-ring (bicyclic) bond motifs is 19. The van der Waals surface area contributed by atoms with Crippen molar-refractivity contribution in [3.63, 3.8) is 0 Å². The van der Waals surface area contributed by atoms with Gasteiger partial charge in [0.2, 0.25) is 0 Å². The van der Waals surface area contributed by atoms with E-state index in [4.69, 9.17) is 8.83 Å². The summed E-state index contributed by atoms with van der Waals surface area (Å²) in [4.78, 5) is 2.74. The number of rotatable bonds is 3. The molecule has 1 aliphatic heterocycles. The number of anilines is 2. The minimum atomic E-state index is 0.188. The van der Waals surface area contributed by atoms with Gasteiger partial charge in [-0.1, -0.05) is 115 Å². The van der Waals surface area contributed by atoms with E-state index in [0.717, 1.165) is 29.1 Å². The van der Waals surface area contributed by atoms with Crippen molar-refractivity contribution in [2.45, 2.75) is 49.5 Å². The largest absolute Gasteiger partial charge is 0.456 e. The Kier molecular flexibility index (Phi) is 5.53. The van der Waals surface area contributed by atoms with Gasteiger partial charge in [-0.05, 0) is 124 Å². The summed E-state index contributed by atoms with van der Waals surface area (Å²) in [6, 6.07) is 43.8. The monoisotopic (exact) mass is 733 g/mol. The van der Waals surface area contributed by atoms with Crippen molar-refractivity contribution < 1.29 is 8.83 Å². The fraction of sp³-hybridized carbons (Fsp3) is 0.222. The molecule has 15 rings (SSSR count). The van der Waals surface area contributed by atoms with Gasteiger partial charge in [0.25, 0.3) is 0 Å². The summed E-state index contributed by atoms with van der Waals surface area (Å²) in [5, 5.41) is 7.83. The highest BCUT2D eigenvalue weighted by atomic mass is 16.3. The van der Waals surface area contributed by atoms with Crippen LogP contribution in [0.2, 0.25) is 0 Å². The summed E-state index contributed by atoms with van der Waals surface area (Å²) in [7, 11) is 0. The van der Waals surface area contributed by atoms with Crippen LogP contribution < -0.4 is 4.90 Å². The fourth-order valence-electron chi connectivity index (χ4n) is 12.4. The molecule has 8 aromatic rings. The van der Waals surface area contributed by atoms with Gasteiger partial charge >= 0.3 is 0 Å². The third-order valence-electron chi connectivity index (χ3n) is 15.2. The molecule has 3 nitrogen and oxygen atoms in total. The lowest BCUT2D eigenvalue weighted by Crippen LogP contribution is -2.36. The highest BCUT2D eigenvalue weighted by molar-refractivity contribution is 6.14. The van der Waals surface area contributed by atoms with E-state index < -0.39 is 0 Å². The van der Waals surface area contributed by atoms with Crippen LogP contribution in [0.3, 0.4) is 0 Å². The molecule has 8 unspecified atom stereocenters. The zero-order valence-corrected chi connectivity index (χ0v) is 31.5. The summed E-state index contributed by atoms with van der Waals surface area (Å²) in [6.07, 6.45) is 14.6. The first-order valence-corrected chi connectivity index (χ1v) is 21.3. The van der Waals surface area contributed by atoms with Crippen LogP contribution in [0.4, 0.5) is 11.4 Å². The molecular formula is C54H39NO2. The number of para-hydroxylation sites is 2. The molecule has 2 aromatic heterocycles. The molecule has 0 saturated heterocycles. The molecule has 57 heavy (non-hydrogen) atoms. The third-order valence-corrected chi connectivity index (χ3v) is 15.2. The lowest BCUT2D eigenvalue weighted by atomic mass is 9.80. The number of allylic oxidation sites excluding steroid dienone is 3. The first-order chi connectivity index (χ1) is 28.2. The van der Waals surface area contributed by atoms with Gasteiger partial charge < -0.3 is 13.7 Å². The average Bonchev–Trinajstić information content (AvgIpc) is 4.20. The normalized spacial score (nSPS) is 28.2. The molecule has 6 aromatic carbocycles. The van der Waals surface area contributed by atoms with Gasteiger partial charge in [0.05, 0.1) is 11.7 Å². The van der Waals surface area contributed by atoms with Crippen LogP contribution in [0.5, 0.6) is 0 Å². The maximum atomic E-state index is 6.86. The van der Waals surface area contributed by atoms with E-state index in [1.165, 1.54) is 102 Å². The minimum absolute atomic E-state index is 0.188. The molecule has 0 radical (unpaired) electrons. The van der Waals surface area contributed by atoms with Crippen LogP contribution in [0.25, 0.3) is 60.7 Å². The lowest BCUT2D eigenvalue weighted by molar-refractivity contribution is 0.500. The van der Waals surface area contributed by atoms with Gasteiger partial charge in [0, 0.05) is 44.1 Å². The zero-order chi connectivity index (χ0) is 36.7. The number of hydrogen-bond acceptors (Lipinski definition) is 3.